The van der Waals surface area contributed by atoms with Crippen LogP contribution >= 0.6 is 0 Å². The molecule has 2 atom stereocenters. The van der Waals surface area contributed by atoms with Crippen molar-refractivity contribution in [3.8, 4) is 23.0 Å². The highest BCUT2D eigenvalue weighted by Gasteiger charge is 2.34. The summed E-state index contributed by atoms with van der Waals surface area (Å²) in [6.45, 7) is 3.87. The van der Waals surface area contributed by atoms with Gasteiger partial charge in [-0.25, -0.2) is 4.39 Å². The summed E-state index contributed by atoms with van der Waals surface area (Å²) in [5, 5.41) is 16.2. The molecule has 0 amide bonds. The summed E-state index contributed by atoms with van der Waals surface area (Å²) in [5.41, 5.74) is 2.80. The number of rotatable bonds is 6. The number of ether oxygens (including phenoxy) is 1. The zero-order valence-corrected chi connectivity index (χ0v) is 22.1. The largest absolute Gasteiger partial charge is 0.508 e. The van der Waals surface area contributed by atoms with Crippen molar-refractivity contribution in [2.24, 2.45) is 0 Å². The average molecular weight is 537 g/mol. The van der Waals surface area contributed by atoms with Crippen LogP contribution in [0.2, 0.25) is 0 Å². The highest BCUT2D eigenvalue weighted by Crippen LogP contribution is 2.37. The lowest BCUT2D eigenvalue weighted by atomic mass is 10.0. The first-order chi connectivity index (χ1) is 19.5. The molecule has 0 radical (unpaired) electrons. The molecule has 2 aliphatic rings. The van der Waals surface area contributed by atoms with E-state index in [1.165, 1.54) is 0 Å². The Balaban J connectivity index is 1.32. The Kier molecular flexibility index (Phi) is 6.15. The lowest BCUT2D eigenvalue weighted by Gasteiger charge is -2.34. The van der Waals surface area contributed by atoms with Crippen LogP contribution < -0.4 is 15.0 Å². The van der Waals surface area contributed by atoms with Crippen molar-refractivity contribution in [3.05, 3.63) is 78.0 Å². The van der Waals surface area contributed by atoms with Gasteiger partial charge in [0, 0.05) is 55.2 Å². The maximum Gasteiger partial charge on any atom is 0.319 e. The molecule has 2 aromatic carbocycles. The SMILES string of the molecule is Cc1cccnc1CCOc1nc(N2C[C@H]3CC[C@@H](C2)N3)c2cnc(-c3cc(O)cc4ccccc34)c(F)c2n1. The number of aromatic nitrogens is 4. The Morgan fingerprint density at radius 3 is 2.67 bits per heavy atom. The summed E-state index contributed by atoms with van der Waals surface area (Å²) in [6.07, 6.45) is 6.21. The molecule has 8 nitrogen and oxygen atoms in total. The van der Waals surface area contributed by atoms with Crippen molar-refractivity contribution in [2.75, 3.05) is 24.6 Å². The van der Waals surface area contributed by atoms with Crippen molar-refractivity contribution in [1.82, 2.24) is 25.3 Å². The van der Waals surface area contributed by atoms with Gasteiger partial charge in [-0.15, -0.1) is 0 Å². The minimum absolute atomic E-state index is 0.0449. The molecule has 9 heteroatoms. The molecule has 0 unspecified atom stereocenters. The van der Waals surface area contributed by atoms with Crippen LogP contribution in [-0.2, 0) is 6.42 Å². The number of phenols is 1. The number of fused-ring (bicyclic) bond motifs is 4. The number of aryl methyl sites for hydroxylation is 1. The van der Waals surface area contributed by atoms with E-state index in [2.05, 4.69) is 25.2 Å². The molecule has 2 bridgehead atoms. The fourth-order valence-electron chi connectivity index (χ4n) is 5.99. The normalized spacial score (nSPS) is 18.5. The van der Waals surface area contributed by atoms with E-state index >= 15 is 4.39 Å². The number of piperazine rings is 1. The lowest BCUT2D eigenvalue weighted by molar-refractivity contribution is 0.295. The molecule has 7 rings (SSSR count). The minimum atomic E-state index is -0.569. The van der Waals surface area contributed by atoms with Gasteiger partial charge in [0.15, 0.2) is 5.82 Å². The molecule has 2 saturated heterocycles. The predicted molar refractivity (Wildman–Crippen MR) is 152 cm³/mol. The Bertz CT molecular complexity index is 1730. The topological polar surface area (TPSA) is 96.3 Å². The fourth-order valence-corrected chi connectivity index (χ4v) is 5.99. The number of aromatic hydroxyl groups is 1. The number of hydrogen-bond acceptors (Lipinski definition) is 8. The second-order valence-corrected chi connectivity index (χ2v) is 10.6. The van der Waals surface area contributed by atoms with Crippen LogP contribution in [0.1, 0.15) is 24.1 Å². The third kappa shape index (κ3) is 4.46. The predicted octanol–water partition coefficient (Wildman–Crippen LogP) is 4.96. The van der Waals surface area contributed by atoms with Crippen LogP contribution in [0.3, 0.4) is 0 Å². The number of halogens is 1. The van der Waals surface area contributed by atoms with Gasteiger partial charge in [-0.05, 0) is 54.3 Å². The van der Waals surface area contributed by atoms with E-state index in [9.17, 15) is 5.11 Å². The molecule has 2 N–H and O–H groups in total. The number of phenolic OH excluding ortho intramolecular Hbond substituents is 1. The van der Waals surface area contributed by atoms with Crippen LogP contribution in [0.15, 0.2) is 60.9 Å². The number of nitrogens with zero attached hydrogens (tertiary/aromatic N) is 5. The van der Waals surface area contributed by atoms with Crippen LogP contribution in [0.25, 0.3) is 32.9 Å². The van der Waals surface area contributed by atoms with E-state index in [1.54, 1.807) is 24.5 Å². The number of benzene rings is 2. The van der Waals surface area contributed by atoms with Gasteiger partial charge in [0.2, 0.25) is 0 Å². The van der Waals surface area contributed by atoms with E-state index < -0.39 is 5.82 Å². The maximum absolute atomic E-state index is 16.4. The lowest BCUT2D eigenvalue weighted by Crippen LogP contribution is -2.51. The van der Waals surface area contributed by atoms with Crippen molar-refractivity contribution in [1.29, 1.82) is 0 Å². The second kappa shape index (κ2) is 9.98. The zero-order valence-electron chi connectivity index (χ0n) is 22.1. The molecular formula is C31H29FN6O2. The van der Waals surface area contributed by atoms with Gasteiger partial charge in [0.05, 0.1) is 12.0 Å². The molecule has 202 valence electrons. The molecule has 5 heterocycles. The Hall–Kier alpha value is -4.37. The van der Waals surface area contributed by atoms with E-state index in [4.69, 9.17) is 9.72 Å². The highest BCUT2D eigenvalue weighted by molar-refractivity contribution is 5.99. The molecule has 40 heavy (non-hydrogen) atoms. The van der Waals surface area contributed by atoms with E-state index in [-0.39, 0.29) is 23.0 Å². The van der Waals surface area contributed by atoms with Crippen molar-refractivity contribution < 1.29 is 14.2 Å². The van der Waals surface area contributed by atoms with Crippen molar-refractivity contribution >= 4 is 27.5 Å². The number of hydrogen-bond donors (Lipinski definition) is 2. The van der Waals surface area contributed by atoms with Gasteiger partial charge in [-0.2, -0.15) is 9.97 Å². The molecular weight excluding hydrogens is 507 g/mol. The van der Waals surface area contributed by atoms with Gasteiger partial charge >= 0.3 is 6.01 Å². The minimum Gasteiger partial charge on any atom is -0.508 e. The van der Waals surface area contributed by atoms with Crippen LogP contribution in [0.5, 0.6) is 11.8 Å². The fraction of sp³-hybridized carbons (Fsp3) is 0.290. The first-order valence-electron chi connectivity index (χ1n) is 13.7. The van der Waals surface area contributed by atoms with Crippen molar-refractivity contribution in [3.63, 3.8) is 0 Å². The molecule has 0 saturated carbocycles. The van der Waals surface area contributed by atoms with Crippen LogP contribution in [-0.4, -0.2) is 56.8 Å². The van der Waals surface area contributed by atoms with Gasteiger partial charge < -0.3 is 20.1 Å². The summed E-state index contributed by atoms with van der Waals surface area (Å²) in [6, 6.07) is 15.5. The second-order valence-electron chi connectivity index (χ2n) is 10.6. The van der Waals surface area contributed by atoms with Crippen LogP contribution in [0.4, 0.5) is 10.2 Å². The number of pyridine rings is 2. The zero-order chi connectivity index (χ0) is 27.2. The summed E-state index contributed by atoms with van der Waals surface area (Å²) >= 11 is 0. The van der Waals surface area contributed by atoms with Gasteiger partial charge in [0.25, 0.3) is 0 Å². The third-order valence-corrected chi connectivity index (χ3v) is 7.95. The smallest absolute Gasteiger partial charge is 0.319 e. The van der Waals surface area contributed by atoms with Gasteiger partial charge in [0.1, 0.15) is 22.8 Å². The van der Waals surface area contributed by atoms with Gasteiger partial charge in [-0.3, -0.25) is 9.97 Å². The third-order valence-electron chi connectivity index (χ3n) is 7.95. The summed E-state index contributed by atoms with van der Waals surface area (Å²) in [5.74, 6) is 0.107. The molecule has 3 aromatic heterocycles. The van der Waals surface area contributed by atoms with Crippen molar-refractivity contribution in [2.45, 2.75) is 38.3 Å². The monoisotopic (exact) mass is 536 g/mol. The van der Waals surface area contributed by atoms with E-state index in [0.29, 0.717) is 41.9 Å². The van der Waals surface area contributed by atoms with Gasteiger partial charge in [-0.1, -0.05) is 30.3 Å². The summed E-state index contributed by atoms with van der Waals surface area (Å²) in [4.78, 5) is 20.5. The first-order valence-corrected chi connectivity index (χ1v) is 13.7. The van der Waals surface area contributed by atoms with E-state index in [0.717, 1.165) is 48.0 Å². The Labute approximate surface area is 230 Å². The molecule has 0 aliphatic carbocycles. The number of anilines is 1. The Morgan fingerprint density at radius 2 is 1.85 bits per heavy atom. The standard InChI is InChI=1S/C31H29FN6O2/c1-18-5-4-11-33-26(18)10-12-40-31-36-29-25(30(37-31)38-16-20-8-9-21(17-38)35-20)15-34-28(27(29)32)24-14-22(39)13-19-6-2-3-7-23(19)24/h2-7,11,13-15,20-21,35,39H,8-10,12,16-17H2,1H3/t20-,21+. The summed E-state index contributed by atoms with van der Waals surface area (Å²) in [7, 11) is 0. The van der Waals surface area contributed by atoms with E-state index in [1.807, 2.05) is 43.3 Å². The Morgan fingerprint density at radius 1 is 1.02 bits per heavy atom. The summed E-state index contributed by atoms with van der Waals surface area (Å²) < 4.78 is 22.4. The molecule has 2 fully saturated rings. The molecule has 5 aromatic rings. The molecule has 2 aliphatic heterocycles. The first kappa shape index (κ1) is 24.7. The molecule has 0 spiro atoms. The highest BCUT2D eigenvalue weighted by atomic mass is 19.1. The quantitative estimate of drug-likeness (QED) is 0.315. The maximum atomic E-state index is 16.4. The van der Waals surface area contributed by atoms with Crippen LogP contribution in [0, 0.1) is 12.7 Å². The average Bonchev–Trinajstić information content (AvgIpc) is 3.30. The number of nitrogens with one attached hydrogen (secondary N) is 1.